The van der Waals surface area contributed by atoms with E-state index in [1.807, 2.05) is 0 Å². The first-order valence-electron chi connectivity index (χ1n) is 9.88. The van der Waals surface area contributed by atoms with Crippen LogP contribution in [0.15, 0.2) is 48.5 Å². The largest absolute Gasteiger partial charge is 0.312 e. The number of benzene rings is 2. The number of carbonyl (C=O) groups excluding carboxylic acids is 1. The van der Waals surface area contributed by atoms with Crippen LogP contribution in [0, 0.1) is 12.8 Å². The monoisotopic (exact) mass is 348 g/mol. The number of piperidine rings is 1. The fraction of sp³-hybridized carbons (Fsp3) is 0.435. The maximum Gasteiger partial charge on any atom is 0.230 e. The zero-order valence-electron chi connectivity index (χ0n) is 15.7. The molecule has 0 spiro atoms. The van der Waals surface area contributed by atoms with Crippen LogP contribution in [0.1, 0.15) is 36.0 Å². The Labute approximate surface area is 156 Å². The quantitative estimate of drug-likeness (QED) is 0.830. The van der Waals surface area contributed by atoms with Crippen LogP contribution >= 0.6 is 0 Å². The van der Waals surface area contributed by atoms with E-state index >= 15 is 0 Å². The van der Waals surface area contributed by atoms with Crippen molar-refractivity contribution in [3.05, 3.63) is 65.2 Å². The molecule has 1 saturated heterocycles. The van der Waals surface area contributed by atoms with Crippen molar-refractivity contribution in [2.24, 2.45) is 5.92 Å². The van der Waals surface area contributed by atoms with Gasteiger partial charge in [0.1, 0.15) is 0 Å². The van der Waals surface area contributed by atoms with Crippen LogP contribution in [0.3, 0.4) is 0 Å². The molecule has 1 fully saturated rings. The molecule has 136 valence electrons. The average molecular weight is 348 g/mol. The predicted octanol–water partition coefficient (Wildman–Crippen LogP) is 4.19. The van der Waals surface area contributed by atoms with Crippen LogP contribution in [0.2, 0.25) is 0 Å². The van der Waals surface area contributed by atoms with Gasteiger partial charge in [0, 0.05) is 24.7 Å². The van der Waals surface area contributed by atoms with Crippen LogP contribution in [-0.4, -0.2) is 30.4 Å². The molecule has 0 radical (unpaired) electrons. The number of hydrogen-bond acceptors (Lipinski definition) is 2. The lowest BCUT2D eigenvalue weighted by atomic mass is 9.93. The summed E-state index contributed by atoms with van der Waals surface area (Å²) in [6.07, 6.45) is 4.12. The number of aryl methyl sites for hydroxylation is 2. The highest BCUT2D eigenvalue weighted by atomic mass is 16.2. The maximum absolute atomic E-state index is 13.1. The molecule has 26 heavy (non-hydrogen) atoms. The van der Waals surface area contributed by atoms with Crippen molar-refractivity contribution in [2.45, 2.75) is 39.2 Å². The molecule has 2 aliphatic heterocycles. The van der Waals surface area contributed by atoms with E-state index in [1.54, 1.807) is 0 Å². The summed E-state index contributed by atoms with van der Waals surface area (Å²) < 4.78 is 0. The van der Waals surface area contributed by atoms with Crippen molar-refractivity contribution in [2.75, 3.05) is 24.5 Å². The summed E-state index contributed by atoms with van der Waals surface area (Å²) in [5, 5.41) is 0. The van der Waals surface area contributed by atoms with Crippen LogP contribution < -0.4 is 4.90 Å². The summed E-state index contributed by atoms with van der Waals surface area (Å²) in [7, 11) is 0. The Kier molecular flexibility index (Phi) is 5.07. The molecule has 3 heteroatoms. The molecule has 0 N–H and O–H groups in total. The molecule has 1 amide bonds. The van der Waals surface area contributed by atoms with Crippen LogP contribution in [0.5, 0.6) is 0 Å². The fourth-order valence-electron chi connectivity index (χ4n) is 4.27. The number of fused-ring (bicyclic) bond motifs is 1. The normalized spacial score (nSPS) is 18.6. The SMILES string of the molecule is Cc1ccc(CN2CCC(C(=O)N3CCCc4ccccc43)CC2)cc1. The Morgan fingerprint density at radius 1 is 1.00 bits per heavy atom. The van der Waals surface area contributed by atoms with E-state index in [-0.39, 0.29) is 5.92 Å². The molecule has 2 heterocycles. The summed E-state index contributed by atoms with van der Waals surface area (Å²) >= 11 is 0. The van der Waals surface area contributed by atoms with E-state index in [4.69, 9.17) is 0 Å². The summed E-state index contributed by atoms with van der Waals surface area (Å²) in [6.45, 7) is 6.02. The van der Waals surface area contributed by atoms with E-state index in [2.05, 4.69) is 65.3 Å². The number of anilines is 1. The number of amides is 1. The number of hydrogen-bond donors (Lipinski definition) is 0. The molecule has 0 aliphatic carbocycles. The Balaban J connectivity index is 1.36. The Morgan fingerprint density at radius 2 is 1.73 bits per heavy atom. The van der Waals surface area contributed by atoms with Gasteiger partial charge in [0.15, 0.2) is 0 Å². The van der Waals surface area contributed by atoms with Gasteiger partial charge in [-0.05, 0) is 62.9 Å². The summed E-state index contributed by atoms with van der Waals surface area (Å²) in [6, 6.07) is 17.2. The molecular weight excluding hydrogens is 320 g/mol. The van der Waals surface area contributed by atoms with Gasteiger partial charge in [-0.2, -0.15) is 0 Å². The zero-order chi connectivity index (χ0) is 17.9. The lowest BCUT2D eigenvalue weighted by molar-refractivity contribution is -0.123. The van der Waals surface area contributed by atoms with Gasteiger partial charge in [-0.1, -0.05) is 48.0 Å². The molecule has 0 atom stereocenters. The van der Waals surface area contributed by atoms with E-state index < -0.39 is 0 Å². The average Bonchev–Trinajstić information content (AvgIpc) is 2.69. The highest BCUT2D eigenvalue weighted by Crippen LogP contribution is 2.30. The second-order valence-electron chi connectivity index (χ2n) is 7.76. The molecule has 0 aromatic heterocycles. The number of rotatable bonds is 3. The van der Waals surface area contributed by atoms with Gasteiger partial charge < -0.3 is 4.90 Å². The van der Waals surface area contributed by atoms with Crippen LogP contribution in [0.4, 0.5) is 5.69 Å². The minimum absolute atomic E-state index is 0.176. The number of nitrogens with zero attached hydrogens (tertiary/aromatic N) is 2. The van der Waals surface area contributed by atoms with Gasteiger partial charge in [-0.3, -0.25) is 9.69 Å². The van der Waals surface area contributed by atoms with E-state index in [9.17, 15) is 4.79 Å². The first-order chi connectivity index (χ1) is 12.7. The molecule has 0 saturated carbocycles. The molecule has 0 unspecified atom stereocenters. The number of likely N-dealkylation sites (tertiary alicyclic amines) is 1. The van der Waals surface area contributed by atoms with Crippen LogP contribution in [0.25, 0.3) is 0 Å². The minimum atomic E-state index is 0.176. The number of carbonyl (C=O) groups is 1. The second-order valence-corrected chi connectivity index (χ2v) is 7.76. The summed E-state index contributed by atoms with van der Waals surface area (Å²) in [5.41, 5.74) is 5.14. The Bertz CT molecular complexity index is 760. The summed E-state index contributed by atoms with van der Waals surface area (Å²) in [5.74, 6) is 0.516. The Hall–Kier alpha value is -2.13. The van der Waals surface area contributed by atoms with E-state index in [1.165, 1.54) is 16.7 Å². The van der Waals surface area contributed by atoms with Crippen molar-refractivity contribution >= 4 is 11.6 Å². The van der Waals surface area contributed by atoms with Gasteiger partial charge in [0.25, 0.3) is 0 Å². The van der Waals surface area contributed by atoms with Gasteiger partial charge in [0.2, 0.25) is 5.91 Å². The molecular formula is C23H28N2O. The lowest BCUT2D eigenvalue weighted by Gasteiger charge is -2.36. The minimum Gasteiger partial charge on any atom is -0.312 e. The van der Waals surface area contributed by atoms with Crippen molar-refractivity contribution in [3.8, 4) is 0 Å². The van der Waals surface area contributed by atoms with Gasteiger partial charge in [-0.25, -0.2) is 0 Å². The summed E-state index contributed by atoms with van der Waals surface area (Å²) in [4.78, 5) is 17.7. The van der Waals surface area contributed by atoms with Gasteiger partial charge in [-0.15, -0.1) is 0 Å². The van der Waals surface area contributed by atoms with Crippen molar-refractivity contribution in [3.63, 3.8) is 0 Å². The van der Waals surface area contributed by atoms with Gasteiger partial charge >= 0.3 is 0 Å². The third-order valence-electron chi connectivity index (χ3n) is 5.84. The molecule has 2 aliphatic rings. The topological polar surface area (TPSA) is 23.6 Å². The maximum atomic E-state index is 13.1. The smallest absolute Gasteiger partial charge is 0.230 e. The Morgan fingerprint density at radius 3 is 2.50 bits per heavy atom. The molecule has 0 bridgehead atoms. The van der Waals surface area contributed by atoms with E-state index in [0.29, 0.717) is 5.91 Å². The van der Waals surface area contributed by atoms with E-state index in [0.717, 1.165) is 57.5 Å². The lowest BCUT2D eigenvalue weighted by Crippen LogP contribution is -2.44. The third kappa shape index (κ3) is 3.68. The first-order valence-corrected chi connectivity index (χ1v) is 9.88. The number of para-hydroxylation sites is 1. The zero-order valence-corrected chi connectivity index (χ0v) is 15.7. The molecule has 2 aromatic carbocycles. The first kappa shape index (κ1) is 17.3. The predicted molar refractivity (Wildman–Crippen MR) is 106 cm³/mol. The van der Waals surface area contributed by atoms with Crippen molar-refractivity contribution in [1.82, 2.24) is 4.90 Å². The second kappa shape index (κ2) is 7.63. The standard InChI is InChI=1S/C23H28N2O/c1-18-8-10-19(11-9-18)17-24-15-12-21(13-16-24)23(26)25-14-4-6-20-5-2-3-7-22(20)25/h2-3,5,7-11,21H,4,6,12-17H2,1H3. The third-order valence-corrected chi connectivity index (χ3v) is 5.84. The van der Waals surface area contributed by atoms with Gasteiger partial charge in [0.05, 0.1) is 0 Å². The molecule has 3 nitrogen and oxygen atoms in total. The van der Waals surface area contributed by atoms with Crippen molar-refractivity contribution in [1.29, 1.82) is 0 Å². The fourth-order valence-corrected chi connectivity index (χ4v) is 4.27. The highest BCUT2D eigenvalue weighted by molar-refractivity contribution is 5.96. The molecule has 4 rings (SSSR count). The highest BCUT2D eigenvalue weighted by Gasteiger charge is 2.31. The van der Waals surface area contributed by atoms with Crippen molar-refractivity contribution < 1.29 is 4.79 Å². The molecule has 2 aromatic rings. The van der Waals surface area contributed by atoms with Crippen LogP contribution in [-0.2, 0) is 17.8 Å².